The van der Waals surface area contributed by atoms with Crippen LogP contribution in [0.5, 0.6) is 0 Å². The number of nitrogens with zero attached hydrogens (tertiary/aromatic N) is 2. The quantitative estimate of drug-likeness (QED) is 0.629. The van der Waals surface area contributed by atoms with Gasteiger partial charge in [-0.2, -0.15) is 11.8 Å². The van der Waals surface area contributed by atoms with E-state index < -0.39 is 18.1 Å². The molecule has 1 amide bonds. The predicted molar refractivity (Wildman–Crippen MR) is 99.0 cm³/mol. The molecule has 1 atom stereocenters. The molecule has 0 aliphatic carbocycles. The van der Waals surface area contributed by atoms with Crippen LogP contribution < -0.4 is 5.32 Å². The SMILES string of the molecule is O=C(NC(CCSCc1cnc(Cl)cn1)C(=O)O)OCc1ccccc1. The molecule has 9 heteroatoms. The summed E-state index contributed by atoms with van der Waals surface area (Å²) in [4.78, 5) is 31.1. The molecule has 1 aromatic heterocycles. The maximum atomic E-state index is 11.8. The highest BCUT2D eigenvalue weighted by Crippen LogP contribution is 2.13. The summed E-state index contributed by atoms with van der Waals surface area (Å²) in [5, 5.41) is 11.9. The minimum absolute atomic E-state index is 0.0863. The Bertz CT molecular complexity index is 716. The molecule has 0 aliphatic heterocycles. The first kappa shape index (κ1) is 20.0. The highest BCUT2D eigenvalue weighted by atomic mass is 35.5. The first-order valence-electron chi connectivity index (χ1n) is 7.79. The molecule has 1 aromatic carbocycles. The average Bonchev–Trinajstić information content (AvgIpc) is 2.64. The molecule has 2 aromatic rings. The van der Waals surface area contributed by atoms with Crippen LogP contribution in [0.15, 0.2) is 42.7 Å². The van der Waals surface area contributed by atoms with E-state index in [1.54, 1.807) is 6.20 Å². The van der Waals surface area contributed by atoms with Gasteiger partial charge in [0.15, 0.2) is 0 Å². The molecule has 26 heavy (non-hydrogen) atoms. The number of aliphatic carboxylic acids is 1. The van der Waals surface area contributed by atoms with E-state index >= 15 is 0 Å². The third kappa shape index (κ3) is 7.28. The number of amides is 1. The summed E-state index contributed by atoms with van der Waals surface area (Å²) >= 11 is 7.16. The molecular formula is C17H18ClN3O4S. The second kappa shape index (κ2) is 10.6. The average molecular weight is 396 g/mol. The molecule has 1 heterocycles. The van der Waals surface area contributed by atoms with Crippen LogP contribution in [0.25, 0.3) is 0 Å². The fourth-order valence-electron chi connectivity index (χ4n) is 1.96. The molecule has 2 N–H and O–H groups in total. The maximum Gasteiger partial charge on any atom is 0.408 e. The number of halogens is 1. The number of carboxylic acid groups (broad SMARTS) is 1. The van der Waals surface area contributed by atoms with Crippen molar-refractivity contribution >= 4 is 35.4 Å². The summed E-state index contributed by atoms with van der Waals surface area (Å²) in [5.41, 5.74) is 1.58. The molecular weight excluding hydrogens is 378 g/mol. The maximum absolute atomic E-state index is 11.8. The number of aromatic nitrogens is 2. The number of alkyl carbamates (subject to hydrolysis) is 1. The van der Waals surface area contributed by atoms with Crippen molar-refractivity contribution in [3.05, 3.63) is 59.1 Å². The second-order valence-electron chi connectivity index (χ2n) is 5.27. The number of ether oxygens (including phenoxy) is 1. The van der Waals surface area contributed by atoms with Crippen LogP contribution in [0, 0.1) is 0 Å². The Morgan fingerprint density at radius 3 is 2.65 bits per heavy atom. The van der Waals surface area contributed by atoms with Gasteiger partial charge in [-0.05, 0) is 17.7 Å². The summed E-state index contributed by atoms with van der Waals surface area (Å²) in [5.74, 6) is 0.00315. The van der Waals surface area contributed by atoms with Crippen LogP contribution in [0.1, 0.15) is 17.7 Å². The second-order valence-corrected chi connectivity index (χ2v) is 6.76. The van der Waals surface area contributed by atoms with Crippen LogP contribution in [0.3, 0.4) is 0 Å². The number of benzene rings is 1. The zero-order valence-corrected chi connectivity index (χ0v) is 15.4. The highest BCUT2D eigenvalue weighted by Gasteiger charge is 2.20. The van der Waals surface area contributed by atoms with E-state index in [1.165, 1.54) is 18.0 Å². The van der Waals surface area contributed by atoms with Crippen molar-refractivity contribution in [3.8, 4) is 0 Å². The van der Waals surface area contributed by atoms with E-state index in [1.807, 2.05) is 30.3 Å². The number of thioether (sulfide) groups is 1. The molecule has 1 unspecified atom stereocenters. The Kier molecular flexibility index (Phi) is 8.17. The predicted octanol–water partition coefficient (Wildman–Crippen LogP) is 3.13. The zero-order valence-electron chi connectivity index (χ0n) is 13.8. The van der Waals surface area contributed by atoms with Gasteiger partial charge in [0.25, 0.3) is 0 Å². The van der Waals surface area contributed by atoms with Crippen molar-refractivity contribution in [1.82, 2.24) is 15.3 Å². The largest absolute Gasteiger partial charge is 0.480 e. The first-order chi connectivity index (χ1) is 12.5. The van der Waals surface area contributed by atoms with E-state index in [9.17, 15) is 14.7 Å². The van der Waals surface area contributed by atoms with Crippen molar-refractivity contribution in [2.24, 2.45) is 0 Å². The van der Waals surface area contributed by atoms with Gasteiger partial charge >= 0.3 is 12.1 Å². The van der Waals surface area contributed by atoms with Gasteiger partial charge in [-0.25, -0.2) is 14.6 Å². The van der Waals surface area contributed by atoms with Gasteiger partial charge in [0.05, 0.1) is 18.1 Å². The minimum Gasteiger partial charge on any atom is -0.480 e. The van der Waals surface area contributed by atoms with Gasteiger partial charge in [0.2, 0.25) is 0 Å². The monoisotopic (exact) mass is 395 g/mol. The number of hydrogen-bond donors (Lipinski definition) is 2. The zero-order chi connectivity index (χ0) is 18.8. The van der Waals surface area contributed by atoms with Crippen molar-refractivity contribution in [1.29, 1.82) is 0 Å². The Morgan fingerprint density at radius 2 is 2.00 bits per heavy atom. The molecule has 0 radical (unpaired) electrons. The highest BCUT2D eigenvalue weighted by molar-refractivity contribution is 7.98. The molecule has 0 saturated carbocycles. The molecule has 0 saturated heterocycles. The van der Waals surface area contributed by atoms with Crippen molar-refractivity contribution < 1.29 is 19.4 Å². The van der Waals surface area contributed by atoms with E-state index in [2.05, 4.69) is 15.3 Å². The fourth-order valence-corrected chi connectivity index (χ4v) is 2.96. The summed E-state index contributed by atoms with van der Waals surface area (Å²) in [6.07, 6.45) is 2.54. The first-order valence-corrected chi connectivity index (χ1v) is 9.32. The smallest absolute Gasteiger partial charge is 0.408 e. The van der Waals surface area contributed by atoms with Gasteiger partial charge in [-0.3, -0.25) is 4.98 Å². The van der Waals surface area contributed by atoms with Crippen LogP contribution in [-0.4, -0.2) is 38.9 Å². The molecule has 7 nitrogen and oxygen atoms in total. The Morgan fingerprint density at radius 1 is 1.23 bits per heavy atom. The topological polar surface area (TPSA) is 101 Å². The lowest BCUT2D eigenvalue weighted by Crippen LogP contribution is -2.41. The Labute approximate surface area is 160 Å². The molecule has 0 spiro atoms. The standard InChI is InChI=1S/C17H18ClN3O4S/c18-15-9-19-13(8-20-15)11-26-7-6-14(16(22)23)21-17(24)25-10-12-4-2-1-3-5-12/h1-5,8-9,14H,6-7,10-11H2,(H,21,24)(H,22,23). The van der Waals surface area contributed by atoms with Gasteiger partial charge in [-0.1, -0.05) is 41.9 Å². The summed E-state index contributed by atoms with van der Waals surface area (Å²) in [7, 11) is 0. The van der Waals surface area contributed by atoms with Crippen molar-refractivity contribution in [3.63, 3.8) is 0 Å². The van der Waals surface area contributed by atoms with Crippen LogP contribution >= 0.6 is 23.4 Å². The fraction of sp³-hybridized carbons (Fsp3) is 0.294. The summed E-state index contributed by atoms with van der Waals surface area (Å²) < 4.78 is 5.04. The Hall–Kier alpha value is -2.32. The normalized spacial score (nSPS) is 11.6. The van der Waals surface area contributed by atoms with E-state index in [0.717, 1.165) is 11.3 Å². The lowest BCUT2D eigenvalue weighted by atomic mass is 10.2. The molecule has 0 fully saturated rings. The number of rotatable bonds is 9. The van der Waals surface area contributed by atoms with Crippen molar-refractivity contribution in [2.45, 2.75) is 24.8 Å². The summed E-state index contributed by atoms with van der Waals surface area (Å²) in [6, 6.07) is 8.15. The molecule has 2 rings (SSSR count). The molecule has 138 valence electrons. The van der Waals surface area contributed by atoms with Gasteiger partial charge in [-0.15, -0.1) is 0 Å². The third-order valence-corrected chi connectivity index (χ3v) is 4.50. The molecule has 0 aliphatic rings. The van der Waals surface area contributed by atoms with Gasteiger partial charge in [0.1, 0.15) is 17.8 Å². The lowest BCUT2D eigenvalue weighted by Gasteiger charge is -2.14. The Balaban J connectivity index is 1.71. The third-order valence-electron chi connectivity index (χ3n) is 3.28. The van der Waals surface area contributed by atoms with E-state index in [4.69, 9.17) is 16.3 Å². The molecule has 0 bridgehead atoms. The number of carbonyl (C=O) groups is 2. The van der Waals surface area contributed by atoms with E-state index in [0.29, 0.717) is 16.7 Å². The van der Waals surface area contributed by atoms with Crippen LogP contribution in [0.4, 0.5) is 4.79 Å². The van der Waals surface area contributed by atoms with Gasteiger partial charge in [0, 0.05) is 5.75 Å². The number of nitrogens with one attached hydrogen (secondary N) is 1. The lowest BCUT2D eigenvalue weighted by molar-refractivity contribution is -0.139. The van der Waals surface area contributed by atoms with Crippen LogP contribution in [-0.2, 0) is 21.9 Å². The van der Waals surface area contributed by atoms with Gasteiger partial charge < -0.3 is 15.2 Å². The summed E-state index contributed by atoms with van der Waals surface area (Å²) in [6.45, 7) is 0.0863. The van der Waals surface area contributed by atoms with Crippen molar-refractivity contribution in [2.75, 3.05) is 5.75 Å². The number of carbonyl (C=O) groups excluding carboxylic acids is 1. The minimum atomic E-state index is -1.10. The number of hydrogen-bond acceptors (Lipinski definition) is 6. The van der Waals surface area contributed by atoms with Crippen LogP contribution in [0.2, 0.25) is 5.15 Å². The van der Waals surface area contributed by atoms with E-state index in [-0.39, 0.29) is 13.0 Å². The number of carboxylic acids is 1.